The molecule has 0 unspecified atom stereocenters. The van der Waals surface area contributed by atoms with Gasteiger partial charge in [0.2, 0.25) is 5.91 Å². The third kappa shape index (κ3) is 5.77. The molecule has 0 aliphatic rings. The maximum Gasteiger partial charge on any atom is 0.416 e. The van der Waals surface area contributed by atoms with Crippen molar-refractivity contribution < 1.29 is 22.7 Å². The van der Waals surface area contributed by atoms with Gasteiger partial charge in [0.15, 0.2) is 0 Å². The summed E-state index contributed by atoms with van der Waals surface area (Å²) in [5, 5.41) is 2.79. The summed E-state index contributed by atoms with van der Waals surface area (Å²) in [4.78, 5) is 14.0. The van der Waals surface area contributed by atoms with Crippen LogP contribution in [0.4, 0.5) is 18.9 Å². The van der Waals surface area contributed by atoms with Gasteiger partial charge in [-0.3, -0.25) is 9.69 Å². The van der Waals surface area contributed by atoms with E-state index >= 15 is 0 Å². The highest BCUT2D eigenvalue weighted by atomic mass is 19.4. The van der Waals surface area contributed by atoms with Crippen molar-refractivity contribution in [3.8, 4) is 5.75 Å². The molecule has 4 nitrogen and oxygen atoms in total. The molecule has 2 aromatic carbocycles. The van der Waals surface area contributed by atoms with Crippen molar-refractivity contribution in [2.45, 2.75) is 19.6 Å². The minimum Gasteiger partial charge on any atom is -0.497 e. The quantitative estimate of drug-likeness (QED) is 0.800. The number of anilines is 1. The van der Waals surface area contributed by atoms with Crippen LogP contribution in [0.1, 0.15) is 18.1 Å². The second-order valence-electron chi connectivity index (χ2n) is 5.77. The van der Waals surface area contributed by atoms with Crippen molar-refractivity contribution in [3.63, 3.8) is 0 Å². The lowest BCUT2D eigenvalue weighted by Gasteiger charge is -2.20. The molecule has 2 rings (SSSR count). The first-order valence-electron chi connectivity index (χ1n) is 8.14. The van der Waals surface area contributed by atoms with Crippen LogP contribution in [0.15, 0.2) is 48.5 Å². The maximum absolute atomic E-state index is 12.6. The Balaban J connectivity index is 1.92. The van der Waals surface area contributed by atoms with Gasteiger partial charge in [0, 0.05) is 12.2 Å². The van der Waals surface area contributed by atoms with Gasteiger partial charge in [0.05, 0.1) is 19.2 Å². The van der Waals surface area contributed by atoms with Crippen molar-refractivity contribution in [1.82, 2.24) is 4.90 Å². The summed E-state index contributed by atoms with van der Waals surface area (Å²) < 4.78 is 42.9. The van der Waals surface area contributed by atoms with E-state index in [1.807, 2.05) is 11.8 Å². The van der Waals surface area contributed by atoms with Crippen LogP contribution in [0, 0.1) is 0 Å². The molecule has 0 fully saturated rings. The van der Waals surface area contributed by atoms with E-state index in [0.717, 1.165) is 17.7 Å². The molecule has 0 atom stereocenters. The van der Waals surface area contributed by atoms with Gasteiger partial charge < -0.3 is 10.1 Å². The van der Waals surface area contributed by atoms with Crippen LogP contribution in [0.5, 0.6) is 5.75 Å². The lowest BCUT2D eigenvalue weighted by atomic mass is 10.1. The number of carbonyl (C=O) groups excluding carboxylic acids is 1. The molecule has 0 radical (unpaired) electrons. The Bertz CT molecular complexity index is 713. The van der Waals surface area contributed by atoms with Crippen molar-refractivity contribution >= 4 is 11.6 Å². The van der Waals surface area contributed by atoms with Crippen molar-refractivity contribution in [2.24, 2.45) is 0 Å². The predicted octanol–water partition coefficient (Wildman–Crippen LogP) is 4.17. The number of nitrogens with one attached hydrogen (secondary N) is 1. The van der Waals surface area contributed by atoms with E-state index in [0.29, 0.717) is 24.5 Å². The Labute approximate surface area is 150 Å². The molecule has 0 saturated carbocycles. The number of ether oxygens (including phenoxy) is 1. The number of likely N-dealkylation sites (N-methyl/N-ethyl adjacent to an activating group) is 1. The molecule has 0 aliphatic heterocycles. The highest BCUT2D eigenvalue weighted by molar-refractivity contribution is 5.92. The molecule has 0 heterocycles. The Hall–Kier alpha value is -2.54. The summed E-state index contributed by atoms with van der Waals surface area (Å²) >= 11 is 0. The SMILES string of the molecule is CCN(CC(=O)Nc1ccc(OC)cc1)Cc1ccc(C(F)(F)F)cc1. The number of methoxy groups -OCH3 is 1. The highest BCUT2D eigenvalue weighted by Gasteiger charge is 2.29. The molecule has 0 aliphatic carbocycles. The number of rotatable bonds is 7. The zero-order valence-electron chi connectivity index (χ0n) is 14.6. The lowest BCUT2D eigenvalue weighted by Crippen LogP contribution is -2.32. The second-order valence-corrected chi connectivity index (χ2v) is 5.77. The first-order valence-corrected chi connectivity index (χ1v) is 8.14. The number of alkyl halides is 3. The van der Waals surface area contributed by atoms with E-state index in [9.17, 15) is 18.0 Å². The van der Waals surface area contributed by atoms with Crippen LogP contribution < -0.4 is 10.1 Å². The van der Waals surface area contributed by atoms with Crippen LogP contribution in [0.2, 0.25) is 0 Å². The van der Waals surface area contributed by atoms with Crippen LogP contribution >= 0.6 is 0 Å². The number of carbonyl (C=O) groups is 1. The summed E-state index contributed by atoms with van der Waals surface area (Å²) in [5.41, 5.74) is 0.694. The summed E-state index contributed by atoms with van der Waals surface area (Å²) in [5.74, 6) is 0.504. The number of hydrogen-bond donors (Lipinski definition) is 1. The summed E-state index contributed by atoms with van der Waals surface area (Å²) in [6, 6.07) is 12.0. The molecule has 0 bridgehead atoms. The zero-order valence-corrected chi connectivity index (χ0v) is 14.6. The molecule has 7 heteroatoms. The van der Waals surface area contributed by atoms with Crippen LogP contribution in [0.25, 0.3) is 0 Å². The van der Waals surface area contributed by atoms with E-state index in [2.05, 4.69) is 5.32 Å². The Morgan fingerprint density at radius 1 is 1.08 bits per heavy atom. The molecule has 0 aromatic heterocycles. The van der Waals surface area contributed by atoms with E-state index < -0.39 is 11.7 Å². The van der Waals surface area contributed by atoms with Crippen molar-refractivity contribution in [1.29, 1.82) is 0 Å². The van der Waals surface area contributed by atoms with Gasteiger partial charge in [0.25, 0.3) is 0 Å². The molecule has 140 valence electrons. The van der Waals surface area contributed by atoms with Gasteiger partial charge in [-0.1, -0.05) is 19.1 Å². The number of hydrogen-bond acceptors (Lipinski definition) is 3. The van der Waals surface area contributed by atoms with Gasteiger partial charge in [-0.15, -0.1) is 0 Å². The van der Waals surface area contributed by atoms with Crippen LogP contribution in [-0.2, 0) is 17.5 Å². The van der Waals surface area contributed by atoms with Crippen molar-refractivity contribution in [3.05, 3.63) is 59.7 Å². The fraction of sp³-hybridized carbons (Fsp3) is 0.316. The number of nitrogens with zero attached hydrogens (tertiary/aromatic N) is 1. The maximum atomic E-state index is 12.6. The molecular formula is C19H21F3N2O2. The summed E-state index contributed by atoms with van der Waals surface area (Å²) in [7, 11) is 1.56. The first-order chi connectivity index (χ1) is 12.3. The molecule has 1 amide bonds. The third-order valence-corrected chi connectivity index (χ3v) is 3.88. The molecule has 2 aromatic rings. The lowest BCUT2D eigenvalue weighted by molar-refractivity contribution is -0.137. The summed E-state index contributed by atoms with van der Waals surface area (Å²) in [6.07, 6.45) is -4.35. The van der Waals surface area contributed by atoms with Crippen molar-refractivity contribution in [2.75, 3.05) is 25.5 Å². The fourth-order valence-corrected chi connectivity index (χ4v) is 2.41. The molecule has 1 N–H and O–H groups in total. The topological polar surface area (TPSA) is 41.6 Å². The number of amides is 1. The van der Waals surface area contributed by atoms with E-state index in [1.165, 1.54) is 12.1 Å². The monoisotopic (exact) mass is 366 g/mol. The number of halogens is 3. The molecule has 0 saturated heterocycles. The minimum atomic E-state index is -4.35. The van der Waals surface area contributed by atoms with Gasteiger partial charge in [-0.25, -0.2) is 0 Å². The van der Waals surface area contributed by atoms with Gasteiger partial charge in [-0.2, -0.15) is 13.2 Å². The molecular weight excluding hydrogens is 345 g/mol. The first kappa shape index (κ1) is 19.8. The van der Waals surface area contributed by atoms with Crippen LogP contribution in [-0.4, -0.2) is 31.0 Å². The third-order valence-electron chi connectivity index (χ3n) is 3.88. The molecule has 26 heavy (non-hydrogen) atoms. The van der Waals surface area contributed by atoms with E-state index in [1.54, 1.807) is 31.4 Å². The Kier molecular flexibility index (Phi) is 6.63. The zero-order chi connectivity index (χ0) is 19.2. The molecule has 0 spiro atoms. The predicted molar refractivity (Wildman–Crippen MR) is 94.0 cm³/mol. The smallest absolute Gasteiger partial charge is 0.416 e. The van der Waals surface area contributed by atoms with E-state index in [-0.39, 0.29) is 12.5 Å². The summed E-state index contributed by atoms with van der Waals surface area (Å²) in [6.45, 7) is 3.02. The normalized spacial score (nSPS) is 11.5. The highest BCUT2D eigenvalue weighted by Crippen LogP contribution is 2.29. The average molecular weight is 366 g/mol. The van der Waals surface area contributed by atoms with Gasteiger partial charge in [0.1, 0.15) is 5.75 Å². The number of benzene rings is 2. The van der Waals surface area contributed by atoms with Gasteiger partial charge >= 0.3 is 6.18 Å². The average Bonchev–Trinajstić information content (AvgIpc) is 2.61. The van der Waals surface area contributed by atoms with Gasteiger partial charge in [-0.05, 0) is 48.5 Å². The standard InChI is InChI=1S/C19H21F3N2O2/c1-3-24(12-14-4-6-15(7-5-14)19(20,21)22)13-18(25)23-16-8-10-17(26-2)11-9-16/h4-11H,3,12-13H2,1-2H3,(H,23,25). The van der Waals surface area contributed by atoms with Crippen LogP contribution in [0.3, 0.4) is 0 Å². The Morgan fingerprint density at radius 2 is 1.69 bits per heavy atom. The minimum absolute atomic E-state index is 0.142. The fourth-order valence-electron chi connectivity index (χ4n) is 2.41. The Morgan fingerprint density at radius 3 is 2.19 bits per heavy atom. The second kappa shape index (κ2) is 8.71. The largest absolute Gasteiger partial charge is 0.497 e. The van der Waals surface area contributed by atoms with E-state index in [4.69, 9.17) is 4.74 Å².